The maximum absolute atomic E-state index is 12.8. The third kappa shape index (κ3) is 4.45. The highest BCUT2D eigenvalue weighted by Crippen LogP contribution is 2.23. The monoisotopic (exact) mass is 404 g/mol. The molecule has 0 atom stereocenters. The maximum Gasteiger partial charge on any atom is 0.251 e. The van der Waals surface area contributed by atoms with Crippen LogP contribution in [0.5, 0.6) is 11.5 Å². The van der Waals surface area contributed by atoms with Crippen LogP contribution in [0.3, 0.4) is 0 Å². The number of amides is 1. The van der Waals surface area contributed by atoms with Gasteiger partial charge in [0.15, 0.2) is 0 Å². The number of phenols is 2. The van der Waals surface area contributed by atoms with E-state index in [1.54, 1.807) is 12.1 Å². The number of nitrogens with zero attached hydrogens (tertiary/aromatic N) is 1. The number of rotatable bonds is 5. The summed E-state index contributed by atoms with van der Waals surface area (Å²) in [6, 6.07) is 10.4. The lowest BCUT2D eigenvalue weighted by Crippen LogP contribution is -2.46. The van der Waals surface area contributed by atoms with Gasteiger partial charge in [-0.05, 0) is 49.1 Å². The van der Waals surface area contributed by atoms with Gasteiger partial charge in [0, 0.05) is 30.8 Å². The first-order chi connectivity index (χ1) is 13.3. The fourth-order valence-electron chi connectivity index (χ4n) is 3.28. The molecular weight excluding hydrogens is 380 g/mol. The van der Waals surface area contributed by atoms with E-state index in [1.807, 2.05) is 19.1 Å². The van der Waals surface area contributed by atoms with Crippen molar-refractivity contribution in [1.29, 1.82) is 0 Å². The molecule has 0 bridgehead atoms. The Bertz CT molecular complexity index is 929. The first kappa shape index (κ1) is 20.2. The van der Waals surface area contributed by atoms with Gasteiger partial charge in [0.1, 0.15) is 11.5 Å². The van der Waals surface area contributed by atoms with Gasteiger partial charge in [-0.1, -0.05) is 19.1 Å². The van der Waals surface area contributed by atoms with Crippen LogP contribution in [0.1, 0.15) is 35.7 Å². The molecule has 2 aromatic rings. The van der Waals surface area contributed by atoms with Gasteiger partial charge >= 0.3 is 0 Å². The van der Waals surface area contributed by atoms with E-state index in [0.717, 1.165) is 18.1 Å². The highest BCUT2D eigenvalue weighted by molar-refractivity contribution is 7.89. The number of hydrogen-bond acceptors (Lipinski definition) is 5. The zero-order valence-corrected chi connectivity index (χ0v) is 16.4. The molecule has 7 nitrogen and oxygen atoms in total. The average molecular weight is 404 g/mol. The van der Waals surface area contributed by atoms with Crippen LogP contribution < -0.4 is 5.32 Å². The molecule has 1 aliphatic heterocycles. The minimum absolute atomic E-state index is 0.156. The maximum atomic E-state index is 12.8. The summed E-state index contributed by atoms with van der Waals surface area (Å²) in [6.45, 7) is 2.64. The fraction of sp³-hybridized carbons (Fsp3) is 0.350. The molecule has 0 aliphatic carbocycles. The first-order valence-corrected chi connectivity index (χ1v) is 10.7. The summed E-state index contributed by atoms with van der Waals surface area (Å²) in [5.41, 5.74) is 1.24. The Morgan fingerprint density at radius 3 is 2.18 bits per heavy atom. The second-order valence-corrected chi connectivity index (χ2v) is 8.83. The molecule has 2 aromatic carbocycles. The molecule has 0 unspecified atom stereocenters. The zero-order valence-electron chi connectivity index (χ0n) is 15.6. The lowest BCUT2D eigenvalue weighted by molar-refractivity contribution is 0.0923. The summed E-state index contributed by atoms with van der Waals surface area (Å²) < 4.78 is 27.0. The van der Waals surface area contributed by atoms with E-state index >= 15 is 0 Å². The van der Waals surface area contributed by atoms with E-state index in [2.05, 4.69) is 5.32 Å². The van der Waals surface area contributed by atoms with Crippen molar-refractivity contribution in [1.82, 2.24) is 9.62 Å². The van der Waals surface area contributed by atoms with E-state index in [1.165, 1.54) is 16.4 Å². The molecule has 0 spiro atoms. The zero-order chi connectivity index (χ0) is 20.3. The quantitative estimate of drug-likeness (QED) is 0.709. The Morgan fingerprint density at radius 2 is 1.64 bits per heavy atom. The van der Waals surface area contributed by atoms with E-state index in [4.69, 9.17) is 0 Å². The molecule has 3 N–H and O–H groups in total. The summed E-state index contributed by atoms with van der Waals surface area (Å²) in [7, 11) is -3.55. The largest absolute Gasteiger partial charge is 0.508 e. The molecule has 0 radical (unpaired) electrons. The van der Waals surface area contributed by atoms with Crippen LogP contribution in [0, 0.1) is 0 Å². The number of sulfonamides is 1. The van der Waals surface area contributed by atoms with Crippen molar-refractivity contribution >= 4 is 15.9 Å². The van der Waals surface area contributed by atoms with Crippen molar-refractivity contribution in [2.24, 2.45) is 0 Å². The topological polar surface area (TPSA) is 107 Å². The Hall–Kier alpha value is -2.58. The van der Waals surface area contributed by atoms with E-state index in [0.29, 0.717) is 25.9 Å². The van der Waals surface area contributed by atoms with E-state index in [-0.39, 0.29) is 28.0 Å². The highest BCUT2D eigenvalue weighted by atomic mass is 32.2. The molecule has 1 amide bonds. The van der Waals surface area contributed by atoms with Crippen molar-refractivity contribution in [2.75, 3.05) is 13.1 Å². The van der Waals surface area contributed by atoms with Crippen LogP contribution in [-0.2, 0) is 16.4 Å². The molecule has 1 aliphatic rings. The van der Waals surface area contributed by atoms with Gasteiger partial charge in [0.2, 0.25) is 10.0 Å². The predicted molar refractivity (Wildman–Crippen MR) is 105 cm³/mol. The molecule has 28 heavy (non-hydrogen) atoms. The van der Waals surface area contributed by atoms with E-state index < -0.39 is 15.9 Å². The van der Waals surface area contributed by atoms with Crippen molar-refractivity contribution in [2.45, 2.75) is 37.1 Å². The molecule has 150 valence electrons. The molecule has 0 aromatic heterocycles. The molecule has 1 fully saturated rings. The SMILES string of the molecule is CCc1ccc(S(=O)(=O)N2CCC(NC(=O)c3cc(O)cc(O)c3)CC2)cc1. The van der Waals surface area contributed by atoms with Gasteiger partial charge in [0.05, 0.1) is 4.90 Å². The Kier molecular flexibility index (Phi) is 5.90. The number of carbonyl (C=O) groups excluding carboxylic acids is 1. The molecular formula is C20H24N2O5S. The minimum atomic E-state index is -3.55. The van der Waals surface area contributed by atoms with Crippen molar-refractivity contribution in [3.8, 4) is 11.5 Å². The van der Waals surface area contributed by atoms with Crippen LogP contribution in [0.2, 0.25) is 0 Å². The number of benzene rings is 2. The minimum Gasteiger partial charge on any atom is -0.508 e. The normalized spacial score (nSPS) is 16.0. The van der Waals surface area contributed by atoms with Gasteiger partial charge in [-0.2, -0.15) is 4.31 Å². The van der Waals surface area contributed by atoms with E-state index in [9.17, 15) is 23.4 Å². The molecule has 3 rings (SSSR count). The Morgan fingerprint density at radius 1 is 1.07 bits per heavy atom. The Labute approximate surface area is 164 Å². The van der Waals surface area contributed by atoms with Gasteiger partial charge in [-0.25, -0.2) is 8.42 Å². The van der Waals surface area contributed by atoms with Gasteiger partial charge in [-0.15, -0.1) is 0 Å². The predicted octanol–water partition coefficient (Wildman–Crippen LogP) is 2.24. The fourth-order valence-corrected chi connectivity index (χ4v) is 4.75. The molecule has 8 heteroatoms. The Balaban J connectivity index is 1.61. The second-order valence-electron chi connectivity index (χ2n) is 6.89. The van der Waals surface area contributed by atoms with Crippen LogP contribution in [0.25, 0.3) is 0 Å². The number of aryl methyl sites for hydroxylation is 1. The average Bonchev–Trinajstić information content (AvgIpc) is 2.67. The number of aromatic hydroxyl groups is 2. The lowest BCUT2D eigenvalue weighted by atomic mass is 10.1. The molecule has 0 saturated carbocycles. The smallest absolute Gasteiger partial charge is 0.251 e. The van der Waals surface area contributed by atoms with Crippen LogP contribution in [-0.4, -0.2) is 48.0 Å². The summed E-state index contributed by atoms with van der Waals surface area (Å²) in [4.78, 5) is 12.6. The highest BCUT2D eigenvalue weighted by Gasteiger charge is 2.30. The number of carbonyl (C=O) groups is 1. The third-order valence-corrected chi connectivity index (χ3v) is 6.84. The summed E-state index contributed by atoms with van der Waals surface area (Å²) in [5, 5.41) is 21.8. The number of piperidine rings is 1. The summed E-state index contributed by atoms with van der Waals surface area (Å²) in [5.74, 6) is -0.803. The molecule has 1 heterocycles. The van der Waals surface area contributed by atoms with Crippen LogP contribution in [0.15, 0.2) is 47.4 Å². The van der Waals surface area contributed by atoms with Gasteiger partial charge in [0.25, 0.3) is 5.91 Å². The number of phenolic OH excluding ortho intramolecular Hbond substituents is 2. The first-order valence-electron chi connectivity index (χ1n) is 9.22. The third-order valence-electron chi connectivity index (χ3n) is 4.92. The summed E-state index contributed by atoms with van der Waals surface area (Å²) in [6.07, 6.45) is 1.83. The van der Waals surface area contributed by atoms with Crippen LogP contribution in [0.4, 0.5) is 0 Å². The van der Waals surface area contributed by atoms with Crippen molar-refractivity contribution in [3.63, 3.8) is 0 Å². The van der Waals surface area contributed by atoms with Crippen molar-refractivity contribution < 1.29 is 23.4 Å². The van der Waals surface area contributed by atoms with Gasteiger partial charge in [-0.3, -0.25) is 4.79 Å². The number of nitrogens with one attached hydrogen (secondary N) is 1. The van der Waals surface area contributed by atoms with Crippen molar-refractivity contribution in [3.05, 3.63) is 53.6 Å². The number of hydrogen-bond donors (Lipinski definition) is 3. The second kappa shape index (κ2) is 8.20. The van der Waals surface area contributed by atoms with Crippen LogP contribution >= 0.6 is 0 Å². The molecule has 1 saturated heterocycles. The summed E-state index contributed by atoms with van der Waals surface area (Å²) >= 11 is 0. The lowest BCUT2D eigenvalue weighted by Gasteiger charge is -2.31. The standard InChI is InChI=1S/C20H24N2O5S/c1-2-14-3-5-19(6-4-14)28(26,27)22-9-7-16(8-10-22)21-20(25)15-11-17(23)13-18(24)12-15/h3-6,11-13,16,23-24H,2,7-10H2,1H3,(H,21,25). The van der Waals surface area contributed by atoms with Gasteiger partial charge < -0.3 is 15.5 Å².